The van der Waals surface area contributed by atoms with E-state index in [9.17, 15) is 4.79 Å². The molecule has 5 nitrogen and oxygen atoms in total. The van der Waals surface area contributed by atoms with Crippen LogP contribution in [0.3, 0.4) is 0 Å². The van der Waals surface area contributed by atoms with Gasteiger partial charge in [-0.25, -0.2) is 4.79 Å². The van der Waals surface area contributed by atoms with Crippen molar-refractivity contribution in [1.29, 1.82) is 0 Å². The molecule has 130 valence electrons. The molecule has 0 aromatic heterocycles. The zero-order valence-corrected chi connectivity index (χ0v) is 15.2. The minimum Gasteiger partial charge on any atom is -0.444 e. The number of carbonyl (C=O) groups excluding carboxylic acids is 1. The van der Waals surface area contributed by atoms with Crippen LogP contribution in [0.5, 0.6) is 0 Å². The zero-order valence-electron chi connectivity index (χ0n) is 15.2. The standard InChI is InChI=1S/C17H34N2O3/c1-16(2,3)19(15(20)22-17(4,5)6)12-11-18-10-9-14-8-7-13-21-14/h14,18H,7-13H2,1-6H3. The molecule has 1 atom stereocenters. The molecule has 5 heteroatoms. The lowest BCUT2D eigenvalue weighted by Crippen LogP contribution is -2.50. The van der Waals surface area contributed by atoms with Gasteiger partial charge in [0.15, 0.2) is 0 Å². The molecule has 0 bridgehead atoms. The first-order valence-electron chi connectivity index (χ1n) is 8.42. The Morgan fingerprint density at radius 3 is 2.41 bits per heavy atom. The van der Waals surface area contributed by atoms with Crippen LogP contribution >= 0.6 is 0 Å². The molecule has 0 aliphatic carbocycles. The highest BCUT2D eigenvalue weighted by Crippen LogP contribution is 2.18. The van der Waals surface area contributed by atoms with Crippen LogP contribution in [0.2, 0.25) is 0 Å². The fraction of sp³-hybridized carbons (Fsp3) is 0.941. The molecule has 0 spiro atoms. The van der Waals surface area contributed by atoms with Gasteiger partial charge in [-0.15, -0.1) is 0 Å². The highest BCUT2D eigenvalue weighted by molar-refractivity contribution is 5.69. The maximum absolute atomic E-state index is 12.3. The zero-order chi connectivity index (χ0) is 16.8. The lowest BCUT2D eigenvalue weighted by Gasteiger charge is -2.37. The summed E-state index contributed by atoms with van der Waals surface area (Å²) in [7, 11) is 0. The number of amides is 1. The Labute approximate surface area is 135 Å². The van der Waals surface area contributed by atoms with Crippen LogP contribution in [-0.4, -0.2) is 54.5 Å². The third kappa shape index (κ3) is 7.45. The molecule has 1 amide bonds. The van der Waals surface area contributed by atoms with Crippen LogP contribution in [0.25, 0.3) is 0 Å². The lowest BCUT2D eigenvalue weighted by molar-refractivity contribution is 0.00656. The van der Waals surface area contributed by atoms with E-state index in [1.165, 1.54) is 12.8 Å². The number of ether oxygens (including phenoxy) is 2. The van der Waals surface area contributed by atoms with Crippen LogP contribution in [0.15, 0.2) is 0 Å². The first kappa shape index (κ1) is 19.2. The molecule has 1 fully saturated rings. The highest BCUT2D eigenvalue weighted by atomic mass is 16.6. The van der Waals surface area contributed by atoms with E-state index < -0.39 is 5.60 Å². The van der Waals surface area contributed by atoms with E-state index in [4.69, 9.17) is 9.47 Å². The number of nitrogens with one attached hydrogen (secondary N) is 1. The average Bonchev–Trinajstić information content (AvgIpc) is 2.82. The molecule has 0 aromatic carbocycles. The summed E-state index contributed by atoms with van der Waals surface area (Å²) in [6.45, 7) is 15.0. The van der Waals surface area contributed by atoms with Gasteiger partial charge in [-0.1, -0.05) is 0 Å². The molecule has 0 aromatic rings. The summed E-state index contributed by atoms with van der Waals surface area (Å²) in [5.41, 5.74) is -0.716. The Morgan fingerprint density at radius 2 is 1.91 bits per heavy atom. The summed E-state index contributed by atoms with van der Waals surface area (Å²) in [6, 6.07) is 0. The quantitative estimate of drug-likeness (QED) is 0.765. The Hall–Kier alpha value is -0.810. The van der Waals surface area contributed by atoms with Crippen LogP contribution in [0, 0.1) is 0 Å². The summed E-state index contributed by atoms with van der Waals surface area (Å²) in [5, 5.41) is 3.40. The molecule has 1 saturated heterocycles. The van der Waals surface area contributed by atoms with Crippen molar-refractivity contribution in [2.45, 2.75) is 78.0 Å². The minimum atomic E-state index is -0.464. The third-order valence-electron chi connectivity index (χ3n) is 3.60. The van der Waals surface area contributed by atoms with Crippen molar-refractivity contribution in [3.8, 4) is 0 Å². The Balaban J connectivity index is 2.33. The third-order valence-corrected chi connectivity index (χ3v) is 3.60. The molecular formula is C17H34N2O3. The lowest BCUT2D eigenvalue weighted by atomic mass is 10.1. The van der Waals surface area contributed by atoms with E-state index in [1.807, 2.05) is 41.5 Å². The van der Waals surface area contributed by atoms with Gasteiger partial charge in [0.05, 0.1) is 6.10 Å². The van der Waals surface area contributed by atoms with Crippen molar-refractivity contribution in [3.63, 3.8) is 0 Å². The second kappa shape index (κ2) is 8.16. The molecular weight excluding hydrogens is 280 g/mol. The number of hydrogen-bond acceptors (Lipinski definition) is 4. The summed E-state index contributed by atoms with van der Waals surface area (Å²) in [4.78, 5) is 14.1. The summed E-state index contributed by atoms with van der Waals surface area (Å²) >= 11 is 0. The molecule has 22 heavy (non-hydrogen) atoms. The summed E-state index contributed by atoms with van der Waals surface area (Å²) in [6.07, 6.45) is 3.56. The van der Waals surface area contributed by atoms with Gasteiger partial charge in [-0.3, -0.25) is 0 Å². The molecule has 1 aliphatic rings. The van der Waals surface area contributed by atoms with E-state index in [0.29, 0.717) is 12.6 Å². The SMILES string of the molecule is CC(C)(C)OC(=O)N(CCNCCC1CCCO1)C(C)(C)C. The first-order chi connectivity index (χ1) is 10.1. The van der Waals surface area contributed by atoms with E-state index >= 15 is 0 Å². The topological polar surface area (TPSA) is 50.8 Å². The fourth-order valence-corrected chi connectivity index (χ4v) is 2.47. The largest absolute Gasteiger partial charge is 0.444 e. The van der Waals surface area contributed by atoms with Crippen LogP contribution < -0.4 is 5.32 Å². The summed E-state index contributed by atoms with van der Waals surface area (Å²) < 4.78 is 11.1. The van der Waals surface area contributed by atoms with Crippen LogP contribution in [0.4, 0.5) is 4.79 Å². The average molecular weight is 314 g/mol. The van der Waals surface area contributed by atoms with Gasteiger partial charge in [0.2, 0.25) is 0 Å². The van der Waals surface area contributed by atoms with Gasteiger partial charge in [0.25, 0.3) is 0 Å². The van der Waals surface area contributed by atoms with Gasteiger partial charge < -0.3 is 19.7 Å². The molecule has 0 saturated carbocycles. The van der Waals surface area contributed by atoms with Gasteiger partial charge in [0, 0.05) is 25.2 Å². The van der Waals surface area contributed by atoms with Gasteiger partial charge in [-0.05, 0) is 67.3 Å². The minimum absolute atomic E-state index is 0.249. The van der Waals surface area contributed by atoms with Crippen molar-refractivity contribution in [2.75, 3.05) is 26.2 Å². The smallest absolute Gasteiger partial charge is 0.410 e. The Kier molecular flexibility index (Phi) is 7.13. The van der Waals surface area contributed by atoms with E-state index in [0.717, 1.165) is 26.1 Å². The second-order valence-electron chi connectivity index (χ2n) is 7.98. The number of rotatable bonds is 6. The maximum Gasteiger partial charge on any atom is 0.410 e. The molecule has 1 rings (SSSR count). The molecule has 0 radical (unpaired) electrons. The second-order valence-corrected chi connectivity index (χ2v) is 7.98. The van der Waals surface area contributed by atoms with Crippen molar-refractivity contribution in [1.82, 2.24) is 10.2 Å². The van der Waals surface area contributed by atoms with Crippen molar-refractivity contribution < 1.29 is 14.3 Å². The predicted octanol–water partition coefficient (Wildman–Crippen LogP) is 3.18. The van der Waals surface area contributed by atoms with Crippen molar-refractivity contribution in [3.05, 3.63) is 0 Å². The van der Waals surface area contributed by atoms with Gasteiger partial charge in [0.1, 0.15) is 5.60 Å². The molecule has 1 aliphatic heterocycles. The highest BCUT2D eigenvalue weighted by Gasteiger charge is 2.30. The Morgan fingerprint density at radius 1 is 1.23 bits per heavy atom. The summed E-state index contributed by atoms with van der Waals surface area (Å²) in [5.74, 6) is 0. The van der Waals surface area contributed by atoms with Crippen molar-refractivity contribution in [2.24, 2.45) is 0 Å². The van der Waals surface area contributed by atoms with Gasteiger partial charge in [-0.2, -0.15) is 0 Å². The Bertz CT molecular complexity index is 339. The maximum atomic E-state index is 12.3. The normalized spacial score (nSPS) is 19.3. The van der Waals surface area contributed by atoms with E-state index in [1.54, 1.807) is 4.90 Å². The molecule has 1 heterocycles. The first-order valence-corrected chi connectivity index (χ1v) is 8.42. The molecule has 1 N–H and O–H groups in total. The van der Waals surface area contributed by atoms with Gasteiger partial charge >= 0.3 is 6.09 Å². The van der Waals surface area contributed by atoms with E-state index in [2.05, 4.69) is 5.32 Å². The van der Waals surface area contributed by atoms with E-state index in [-0.39, 0.29) is 11.6 Å². The predicted molar refractivity (Wildman–Crippen MR) is 89.2 cm³/mol. The van der Waals surface area contributed by atoms with Crippen molar-refractivity contribution >= 4 is 6.09 Å². The fourth-order valence-electron chi connectivity index (χ4n) is 2.47. The number of carbonyl (C=O) groups is 1. The van der Waals surface area contributed by atoms with Crippen LogP contribution in [0.1, 0.15) is 60.8 Å². The number of nitrogens with zero attached hydrogens (tertiary/aromatic N) is 1. The number of hydrogen-bond donors (Lipinski definition) is 1. The van der Waals surface area contributed by atoms with Crippen LogP contribution in [-0.2, 0) is 9.47 Å². The molecule has 1 unspecified atom stereocenters. The monoisotopic (exact) mass is 314 g/mol.